The number of rotatable bonds is 36. The second kappa shape index (κ2) is 41.5. The van der Waals surface area contributed by atoms with E-state index in [1.807, 2.05) is 134 Å². The number of benzene rings is 6. The predicted octanol–water partition coefficient (Wildman–Crippen LogP) is 18.5. The molecule has 8 N–H and O–H groups in total. The van der Waals surface area contributed by atoms with Gasteiger partial charge < -0.3 is 45.8 Å². The van der Waals surface area contributed by atoms with Gasteiger partial charge in [0.1, 0.15) is 24.8 Å². The van der Waals surface area contributed by atoms with Crippen LogP contribution < -0.4 is 5.73 Å². The van der Waals surface area contributed by atoms with Gasteiger partial charge in [-0.25, -0.2) is 0 Å². The van der Waals surface area contributed by atoms with Gasteiger partial charge in [-0.1, -0.05) is 193 Å². The van der Waals surface area contributed by atoms with Gasteiger partial charge in [-0.3, -0.25) is 29.1 Å². The number of nitrogens with zero attached hydrogens (tertiary/aromatic N) is 2. The summed E-state index contributed by atoms with van der Waals surface area (Å²) in [5, 5.41) is 71.0. The molecular formula is C91H113N3O12S2Si. The number of esters is 2. The van der Waals surface area contributed by atoms with Crippen molar-refractivity contribution in [2.24, 2.45) is 29.4 Å². The predicted molar refractivity (Wildman–Crippen MR) is 442 cm³/mol. The Kier molecular flexibility index (Phi) is 31.9. The minimum Gasteiger partial charge on any atom is -0.461 e. The molecule has 4 heterocycles. The van der Waals surface area contributed by atoms with Crippen molar-refractivity contribution in [3.63, 3.8) is 0 Å². The second-order valence-electron chi connectivity index (χ2n) is 31.8. The summed E-state index contributed by atoms with van der Waals surface area (Å²) in [6, 6.07) is 51.6. The van der Waals surface area contributed by atoms with Gasteiger partial charge in [-0.2, -0.15) is 0 Å². The summed E-state index contributed by atoms with van der Waals surface area (Å²) in [5.41, 5.74) is 11.6. The molecule has 109 heavy (non-hydrogen) atoms. The number of carbonyl (C=O) groups is 4. The van der Waals surface area contributed by atoms with Crippen LogP contribution in [0.5, 0.6) is 0 Å². The topological polar surface area (TPSA) is 260 Å². The average molecular weight is 1530 g/mol. The fourth-order valence-electron chi connectivity index (χ4n) is 15.7. The Balaban J connectivity index is 0.000000219. The van der Waals surface area contributed by atoms with Gasteiger partial charge in [0.25, 0.3) is 0 Å². The first-order valence-electron chi connectivity index (χ1n) is 39.5. The second-order valence-corrected chi connectivity index (χ2v) is 40.0. The molecule has 0 saturated heterocycles. The molecule has 6 aromatic carbocycles. The fraction of sp³-hybridized carbons (Fsp3) is 0.451. The molecule has 0 radical (unpaired) electrons. The van der Waals surface area contributed by atoms with Crippen LogP contribution in [-0.2, 0) is 54.7 Å². The van der Waals surface area contributed by atoms with Crippen molar-refractivity contribution in [1.29, 1.82) is 0 Å². The molecule has 0 bridgehead atoms. The van der Waals surface area contributed by atoms with Crippen molar-refractivity contribution in [2.75, 3.05) is 6.54 Å². The van der Waals surface area contributed by atoms with Crippen LogP contribution in [0.1, 0.15) is 196 Å². The first-order valence-corrected chi connectivity index (χ1v) is 45.2. The molecule has 3 unspecified atom stereocenters. The third kappa shape index (κ3) is 25.1. The Morgan fingerprint density at radius 1 is 0.459 bits per heavy atom. The van der Waals surface area contributed by atoms with E-state index in [4.69, 9.17) is 15.2 Å². The van der Waals surface area contributed by atoms with Crippen molar-refractivity contribution in [1.82, 2.24) is 9.97 Å². The highest BCUT2D eigenvalue weighted by Crippen LogP contribution is 2.44. The molecule has 18 heteroatoms. The lowest BCUT2D eigenvalue weighted by Gasteiger charge is -2.24. The van der Waals surface area contributed by atoms with Crippen LogP contribution in [0.4, 0.5) is 0 Å². The number of carbonyl (C=O) groups excluding carboxylic acids is 4. The lowest BCUT2D eigenvalue weighted by molar-refractivity contribution is -0.146. The van der Waals surface area contributed by atoms with Gasteiger partial charge >= 0.3 is 11.9 Å². The van der Waals surface area contributed by atoms with E-state index < -0.39 is 50.6 Å². The summed E-state index contributed by atoms with van der Waals surface area (Å²) in [6.45, 7) is 11.9. The molecule has 12 atom stereocenters. The number of aromatic nitrogens is 2. The number of hydrogen-bond donors (Lipinski definition) is 7. The number of ketones is 2. The average Bonchev–Trinajstić information content (AvgIpc) is 1.73. The zero-order valence-electron chi connectivity index (χ0n) is 64.1. The van der Waals surface area contributed by atoms with Crippen molar-refractivity contribution in [2.45, 2.75) is 230 Å². The van der Waals surface area contributed by atoms with E-state index in [9.17, 15) is 49.8 Å². The molecule has 12 rings (SSSR count). The van der Waals surface area contributed by atoms with Crippen LogP contribution in [0.3, 0.4) is 0 Å². The maximum absolute atomic E-state index is 13.3. The molecule has 4 aromatic heterocycles. The van der Waals surface area contributed by atoms with Crippen LogP contribution in [0, 0.1) is 23.7 Å². The number of fused-ring (bicyclic) bond motifs is 4. The molecule has 0 aliphatic heterocycles. The molecule has 15 nitrogen and oxygen atoms in total. The molecule has 2 fully saturated rings. The Bertz CT molecular complexity index is 4170. The summed E-state index contributed by atoms with van der Waals surface area (Å²) in [7, 11) is -0.611. The number of pyridine rings is 2. The van der Waals surface area contributed by atoms with Gasteiger partial charge in [0.05, 0.1) is 42.5 Å². The van der Waals surface area contributed by atoms with Crippen molar-refractivity contribution >= 4 is 96.0 Å². The minimum atomic E-state index is -0.611. The van der Waals surface area contributed by atoms with E-state index in [0.29, 0.717) is 70.6 Å². The van der Waals surface area contributed by atoms with Gasteiger partial charge in [-0.05, 0) is 186 Å². The number of hydrogen-bond acceptors (Lipinski definition) is 17. The summed E-state index contributed by atoms with van der Waals surface area (Å²) in [5.74, 6) is -0.831. The van der Waals surface area contributed by atoms with Crippen LogP contribution in [0.15, 0.2) is 183 Å². The standard InChI is InChI=1S/C44H51NO6S.C43H50N2O6S.C4H12Si/c1-2-35(39(47)24-30-15-18-34-27-45-22-21-32(34)23-30)31-16-13-29(14-17-31)28-51-44(50)12-6-4-3-5-10-36-37(41(49)26-40(36)48)19-20-38(46)43-25-33-9-7-8-11-42(33)52-43;44-25-36(38(47)22-29-13-16-33-26-45-20-19-31(33)21-29)30-14-11-28(12-15-30)27-51-43(50)10-4-2-1-3-8-34-35(40(49)24-39(34)48)17-18-37(46)42-23-32-7-5-6-9-41(32)52-42;1-5(2,3)4/h7-9,11,13-18,21-23,25,27,35-38,40-41,46,48-49H,2-6,10,12,19-20,24,26,28H2,1H3;5-7,9,11-16,19-21,23,26,34-37,39-40,46,48-49H,1-4,8,10,17-18,22,24-25,27,44H2;1-4H3/t35?,36?,37-,38-,40+,41-;34-,35-,36?,37-,39+,40-;/m11./s1. The summed E-state index contributed by atoms with van der Waals surface area (Å²) in [6.07, 6.45) is 17.8. The largest absolute Gasteiger partial charge is 0.461 e. The van der Waals surface area contributed by atoms with Crippen LogP contribution in [-0.4, -0.2) is 103 Å². The van der Waals surface area contributed by atoms with Crippen LogP contribution >= 0.6 is 22.7 Å². The summed E-state index contributed by atoms with van der Waals surface area (Å²) in [4.78, 5) is 61.6. The van der Waals surface area contributed by atoms with Crippen LogP contribution in [0.2, 0.25) is 26.2 Å². The molecule has 2 aliphatic rings. The lowest BCUT2D eigenvalue weighted by atomic mass is 9.84. The number of unbranched alkanes of at least 4 members (excludes halogenated alkanes) is 6. The molecule has 0 spiro atoms. The smallest absolute Gasteiger partial charge is 0.306 e. The first-order chi connectivity index (χ1) is 52.6. The van der Waals surface area contributed by atoms with E-state index >= 15 is 0 Å². The zero-order valence-corrected chi connectivity index (χ0v) is 66.8. The highest BCUT2D eigenvalue weighted by Gasteiger charge is 2.42. The third-order valence-corrected chi connectivity index (χ3v) is 24.1. The van der Waals surface area contributed by atoms with Crippen molar-refractivity contribution in [3.05, 3.63) is 226 Å². The van der Waals surface area contributed by atoms with Gasteiger partial charge in [0, 0.05) is 101 Å². The lowest BCUT2D eigenvalue weighted by Crippen LogP contribution is -2.23. The fourth-order valence-corrected chi connectivity index (χ4v) is 17.9. The third-order valence-electron chi connectivity index (χ3n) is 21.6. The maximum atomic E-state index is 13.3. The van der Waals surface area contributed by atoms with Gasteiger partial charge in [0.2, 0.25) is 0 Å². The van der Waals surface area contributed by atoms with Gasteiger partial charge in [-0.15, -0.1) is 22.7 Å². The van der Waals surface area contributed by atoms with E-state index in [-0.39, 0.29) is 72.9 Å². The molecule has 2 aliphatic carbocycles. The monoisotopic (exact) mass is 1530 g/mol. The number of nitrogens with two attached hydrogens (primary N) is 1. The SMILES string of the molecule is CCC(C(=O)Cc1ccc2cnccc2c1)c1ccc(COC(=O)CCCCCCC2[C@@H](CC[C@@H](O)c3cc4ccccc4s3)[C@H](O)C[C@@H]2O)cc1.C[Si](C)(C)C.NCC(C(=O)Cc1ccc2cnccc2c1)c1ccc(COC(=O)CCCCCC[C@@H]2[C@@H](CC[C@@H](O)c3cc4ccccc4s3)[C@H](O)C[C@@H]2O)cc1. The highest BCUT2D eigenvalue weighted by molar-refractivity contribution is 7.19. The first kappa shape index (κ1) is 83.7. The van der Waals surface area contributed by atoms with E-state index in [0.717, 1.165) is 149 Å². The molecular weight excluding hydrogens is 1420 g/mol. The number of aliphatic hydroxyl groups is 6. The van der Waals surface area contributed by atoms with Crippen molar-refractivity contribution < 1.29 is 59.3 Å². The van der Waals surface area contributed by atoms with E-state index in [2.05, 4.69) is 72.6 Å². The normalized spacial score (nSPS) is 19.6. The van der Waals surface area contributed by atoms with E-state index in [1.54, 1.807) is 41.3 Å². The molecule has 10 aromatic rings. The molecule has 2 saturated carbocycles. The number of aliphatic hydroxyl groups excluding tert-OH is 6. The summed E-state index contributed by atoms with van der Waals surface area (Å²) < 4.78 is 13.4. The Morgan fingerprint density at radius 2 is 0.835 bits per heavy atom. The molecule has 0 amide bonds. The Morgan fingerprint density at radius 3 is 1.24 bits per heavy atom. The van der Waals surface area contributed by atoms with Crippen molar-refractivity contribution in [3.8, 4) is 0 Å². The van der Waals surface area contributed by atoms with Gasteiger partial charge in [0.15, 0.2) is 0 Å². The summed E-state index contributed by atoms with van der Waals surface area (Å²) >= 11 is 3.22. The quantitative estimate of drug-likeness (QED) is 0.0109. The minimum absolute atomic E-state index is 0.0155. The Hall–Kier alpha value is -7.72. The maximum Gasteiger partial charge on any atom is 0.306 e. The molecule has 580 valence electrons. The number of Topliss-reactive ketones (excluding diaryl/α,β-unsaturated/α-hetero) is 2. The zero-order chi connectivity index (χ0) is 77.4. The highest BCUT2D eigenvalue weighted by atomic mass is 32.1. The van der Waals surface area contributed by atoms with E-state index in [1.165, 1.54) is 0 Å². The number of ether oxygens (including phenoxy) is 2. The Labute approximate surface area is 652 Å². The number of thiophene rings is 2. The van der Waals surface area contributed by atoms with Crippen LogP contribution in [0.25, 0.3) is 41.7 Å².